The molecule has 0 saturated heterocycles. The topological polar surface area (TPSA) is 60.2 Å². The summed E-state index contributed by atoms with van der Waals surface area (Å²) in [6, 6.07) is 2.66. The van der Waals surface area contributed by atoms with Crippen molar-refractivity contribution in [2.75, 3.05) is 11.5 Å². The third kappa shape index (κ3) is 4.17. The van der Waals surface area contributed by atoms with E-state index in [2.05, 4.69) is 0 Å². The minimum atomic E-state index is -4.40. The van der Waals surface area contributed by atoms with Crippen molar-refractivity contribution in [3.63, 3.8) is 0 Å². The van der Waals surface area contributed by atoms with E-state index in [4.69, 9.17) is 5.73 Å². The highest BCUT2D eigenvalue weighted by atomic mass is 32.2. The molecule has 3 nitrogen and oxygen atoms in total. The maximum atomic E-state index is 12.7. The second-order valence-corrected chi connectivity index (χ2v) is 5.80. The number of anilines is 1. The summed E-state index contributed by atoms with van der Waals surface area (Å²) < 4.78 is 71.8. The number of hydrogen-bond donors (Lipinski definition) is 1. The second-order valence-electron chi connectivity index (χ2n) is 3.72. The van der Waals surface area contributed by atoms with Gasteiger partial charge in [0.25, 0.3) is 0 Å². The molecule has 0 spiro atoms. The molecule has 102 valence electrons. The Kier molecular flexibility index (Phi) is 4.20. The average Bonchev–Trinajstić information content (AvgIpc) is 2.13. The van der Waals surface area contributed by atoms with Crippen LogP contribution in [0.5, 0.6) is 0 Å². The summed E-state index contributed by atoms with van der Waals surface area (Å²) in [7, 11) is -3.92. The van der Waals surface area contributed by atoms with Gasteiger partial charge in [0.05, 0.1) is 16.3 Å². The summed E-state index contributed by atoms with van der Waals surface area (Å²) in [5.41, 5.74) is 5.02. The number of nitrogen functional groups attached to an aromatic ring is 1. The van der Waals surface area contributed by atoms with Gasteiger partial charge in [-0.15, -0.1) is 0 Å². The first-order chi connectivity index (χ1) is 8.12. The van der Waals surface area contributed by atoms with Crippen LogP contribution in [0.15, 0.2) is 23.1 Å². The van der Waals surface area contributed by atoms with Crippen LogP contribution < -0.4 is 5.73 Å². The number of hydrogen-bond acceptors (Lipinski definition) is 3. The maximum absolute atomic E-state index is 12.7. The number of sulfone groups is 1. The molecule has 0 saturated carbocycles. The van der Waals surface area contributed by atoms with E-state index in [1.54, 1.807) is 0 Å². The van der Waals surface area contributed by atoms with Crippen molar-refractivity contribution in [1.29, 1.82) is 0 Å². The highest BCUT2D eigenvalue weighted by Crippen LogP contribution is 2.25. The number of rotatable bonds is 4. The van der Waals surface area contributed by atoms with Gasteiger partial charge in [0.15, 0.2) is 9.84 Å². The third-order valence-electron chi connectivity index (χ3n) is 2.18. The molecule has 0 unspecified atom stereocenters. The Labute approximate surface area is 102 Å². The van der Waals surface area contributed by atoms with Crippen molar-refractivity contribution >= 4 is 15.5 Å². The zero-order valence-electron chi connectivity index (χ0n) is 9.17. The largest absolute Gasteiger partial charge is 0.398 e. The lowest BCUT2D eigenvalue weighted by molar-refractivity contribution is -0.134. The molecule has 0 aliphatic carbocycles. The van der Waals surface area contributed by atoms with Gasteiger partial charge in [-0.1, -0.05) is 0 Å². The van der Waals surface area contributed by atoms with Crippen molar-refractivity contribution in [3.8, 4) is 0 Å². The first-order valence-corrected chi connectivity index (χ1v) is 6.61. The van der Waals surface area contributed by atoms with Crippen LogP contribution in [0, 0.1) is 5.82 Å². The number of benzene rings is 1. The fourth-order valence-electron chi connectivity index (χ4n) is 1.38. The van der Waals surface area contributed by atoms with Gasteiger partial charge in [-0.3, -0.25) is 0 Å². The molecule has 0 radical (unpaired) electrons. The van der Waals surface area contributed by atoms with E-state index in [1.807, 2.05) is 0 Å². The molecule has 0 aliphatic heterocycles. The minimum absolute atomic E-state index is 0.304. The third-order valence-corrected chi connectivity index (χ3v) is 4.05. The molecule has 1 rings (SSSR count). The number of halogens is 4. The normalized spacial score (nSPS) is 12.7. The van der Waals surface area contributed by atoms with Crippen molar-refractivity contribution < 1.29 is 26.0 Å². The van der Waals surface area contributed by atoms with Gasteiger partial charge in [0, 0.05) is 6.42 Å². The fraction of sp³-hybridized carbons (Fsp3) is 0.400. The summed E-state index contributed by atoms with van der Waals surface area (Å²) in [6.45, 7) is 0. The van der Waals surface area contributed by atoms with E-state index in [9.17, 15) is 26.0 Å². The predicted octanol–water partition coefficient (Wildman–Crippen LogP) is 2.52. The smallest absolute Gasteiger partial charge is 0.389 e. The van der Waals surface area contributed by atoms with Crippen LogP contribution in [-0.2, 0) is 9.84 Å². The second kappa shape index (κ2) is 5.13. The molecule has 0 fully saturated rings. The summed E-state index contributed by atoms with van der Waals surface area (Å²) in [5.74, 6) is -1.38. The van der Waals surface area contributed by atoms with E-state index in [-0.39, 0.29) is 10.6 Å². The molecule has 0 aliphatic rings. The van der Waals surface area contributed by atoms with Crippen molar-refractivity contribution in [1.82, 2.24) is 0 Å². The molecular weight excluding hydrogens is 274 g/mol. The SMILES string of the molecule is Nc1cc(F)ccc1S(=O)(=O)CCCC(F)(F)F. The molecular formula is C10H11F4NO2S. The van der Waals surface area contributed by atoms with Crippen molar-refractivity contribution in [2.45, 2.75) is 23.9 Å². The molecule has 1 aromatic rings. The molecule has 0 amide bonds. The molecule has 18 heavy (non-hydrogen) atoms. The van der Waals surface area contributed by atoms with E-state index in [0.29, 0.717) is 0 Å². The Morgan fingerprint density at radius 3 is 2.33 bits per heavy atom. The van der Waals surface area contributed by atoms with Gasteiger partial charge in [0.1, 0.15) is 5.82 Å². The first-order valence-electron chi connectivity index (χ1n) is 4.96. The maximum Gasteiger partial charge on any atom is 0.389 e. The van der Waals surface area contributed by atoms with Gasteiger partial charge in [-0.05, 0) is 24.6 Å². The van der Waals surface area contributed by atoms with Crippen LogP contribution in [-0.4, -0.2) is 20.3 Å². The number of alkyl halides is 3. The number of nitrogens with two attached hydrogens (primary N) is 1. The van der Waals surface area contributed by atoms with E-state index < -0.39 is 40.4 Å². The average molecular weight is 285 g/mol. The summed E-state index contributed by atoms with van der Waals surface area (Å²) in [6.07, 6.45) is -6.14. The minimum Gasteiger partial charge on any atom is -0.398 e. The molecule has 0 bridgehead atoms. The van der Waals surface area contributed by atoms with E-state index >= 15 is 0 Å². The lowest BCUT2D eigenvalue weighted by atomic mass is 10.3. The van der Waals surface area contributed by atoms with E-state index in [0.717, 1.165) is 18.2 Å². The highest BCUT2D eigenvalue weighted by molar-refractivity contribution is 7.91. The standard InChI is InChI=1S/C10H11F4NO2S/c11-7-2-3-9(8(15)6-7)18(16,17)5-1-4-10(12,13)14/h2-3,6H,1,4-5,15H2. The molecule has 8 heteroatoms. The Hall–Kier alpha value is -1.31. The van der Waals surface area contributed by atoms with Crippen LogP contribution >= 0.6 is 0 Å². The van der Waals surface area contributed by atoms with Gasteiger partial charge in [0.2, 0.25) is 0 Å². The molecule has 0 heterocycles. The van der Waals surface area contributed by atoms with Gasteiger partial charge in [-0.2, -0.15) is 13.2 Å². The predicted molar refractivity (Wildman–Crippen MR) is 58.2 cm³/mol. The van der Waals surface area contributed by atoms with Gasteiger partial charge >= 0.3 is 6.18 Å². The zero-order valence-corrected chi connectivity index (χ0v) is 9.98. The van der Waals surface area contributed by atoms with Crippen molar-refractivity contribution in [2.24, 2.45) is 0 Å². The Morgan fingerprint density at radius 2 is 1.83 bits per heavy atom. The molecule has 0 aromatic heterocycles. The first kappa shape index (κ1) is 14.7. The lowest BCUT2D eigenvalue weighted by Gasteiger charge is -2.08. The van der Waals surface area contributed by atoms with Crippen LogP contribution in [0.3, 0.4) is 0 Å². The van der Waals surface area contributed by atoms with Crippen LogP contribution in [0.25, 0.3) is 0 Å². The van der Waals surface area contributed by atoms with Crippen LogP contribution in [0.1, 0.15) is 12.8 Å². The Morgan fingerprint density at radius 1 is 1.22 bits per heavy atom. The molecule has 2 N–H and O–H groups in total. The van der Waals surface area contributed by atoms with Crippen LogP contribution in [0.4, 0.5) is 23.2 Å². The quantitative estimate of drug-likeness (QED) is 0.525. The lowest BCUT2D eigenvalue weighted by Crippen LogP contribution is -2.14. The van der Waals surface area contributed by atoms with Gasteiger partial charge < -0.3 is 5.73 Å². The van der Waals surface area contributed by atoms with E-state index in [1.165, 1.54) is 0 Å². The summed E-state index contributed by atoms with van der Waals surface area (Å²) in [5, 5.41) is 0. The highest BCUT2D eigenvalue weighted by Gasteiger charge is 2.28. The Bertz CT molecular complexity index is 525. The summed E-state index contributed by atoms with van der Waals surface area (Å²) in [4.78, 5) is -0.342. The van der Waals surface area contributed by atoms with Crippen molar-refractivity contribution in [3.05, 3.63) is 24.0 Å². The molecule has 0 atom stereocenters. The zero-order chi connectivity index (χ0) is 14.0. The Balaban J connectivity index is 2.81. The van der Waals surface area contributed by atoms with Crippen LogP contribution in [0.2, 0.25) is 0 Å². The monoisotopic (exact) mass is 285 g/mol. The van der Waals surface area contributed by atoms with Gasteiger partial charge in [-0.25, -0.2) is 12.8 Å². The molecule has 1 aromatic carbocycles. The fourth-order valence-corrected chi connectivity index (χ4v) is 2.81. The summed E-state index contributed by atoms with van der Waals surface area (Å²) >= 11 is 0.